The minimum atomic E-state index is -1.77. The van der Waals surface area contributed by atoms with Gasteiger partial charge in [0.15, 0.2) is 16.6 Å². The van der Waals surface area contributed by atoms with Crippen LogP contribution in [0.15, 0.2) is 10.2 Å². The third-order valence-corrected chi connectivity index (χ3v) is 14.4. The van der Waals surface area contributed by atoms with Gasteiger partial charge in [-0.15, -0.1) is 0 Å². The third kappa shape index (κ3) is 6.85. The third-order valence-electron chi connectivity index (χ3n) is 4.95. The average molecular weight is 443 g/mol. The smallest absolute Gasteiger partial charge is 0.192 e. The Kier molecular flexibility index (Phi) is 7.89. The molecule has 1 unspecified atom stereocenters. The van der Waals surface area contributed by atoms with Crippen LogP contribution in [0.3, 0.4) is 0 Å². The van der Waals surface area contributed by atoms with Crippen molar-refractivity contribution in [1.82, 2.24) is 0 Å². The zero-order chi connectivity index (χ0) is 17.1. The normalized spacial score (nSPS) is 16.5. The molecule has 0 aliphatic heterocycles. The molecular weight excluding hydrogens is 407 g/mol. The van der Waals surface area contributed by atoms with Gasteiger partial charge in [-0.2, -0.15) is 0 Å². The van der Waals surface area contributed by atoms with Gasteiger partial charge in [0, 0.05) is 0 Å². The molecule has 126 valence electrons. The molecule has 0 bridgehead atoms. The number of halogens is 1. The van der Waals surface area contributed by atoms with Crippen LogP contribution in [0, 0.1) is 0 Å². The van der Waals surface area contributed by atoms with Crippen molar-refractivity contribution in [3.63, 3.8) is 0 Å². The summed E-state index contributed by atoms with van der Waals surface area (Å²) in [6.45, 7) is 23.5. The molecule has 0 rings (SSSR count). The minimum Gasteiger partial charge on any atom is -0.414 e. The predicted octanol–water partition coefficient (Wildman–Crippen LogP) is 6.35. The Morgan fingerprint density at radius 2 is 1.33 bits per heavy atom. The standard InChI is InChI=1S/C16H35IO2Si2/c1-15(2,3)20(7,8)18-13-14(11-12-17)19-21(9,10)16(4,5)6/h11-12,14H,13H2,1-10H3/b12-11+. The van der Waals surface area contributed by atoms with Crippen molar-refractivity contribution < 1.29 is 8.85 Å². The molecular formula is C16H35IO2Si2. The van der Waals surface area contributed by atoms with Crippen LogP contribution in [0.4, 0.5) is 0 Å². The van der Waals surface area contributed by atoms with E-state index in [-0.39, 0.29) is 16.2 Å². The van der Waals surface area contributed by atoms with Gasteiger partial charge >= 0.3 is 0 Å². The van der Waals surface area contributed by atoms with Gasteiger partial charge < -0.3 is 8.85 Å². The maximum atomic E-state index is 6.50. The van der Waals surface area contributed by atoms with Crippen molar-refractivity contribution in [1.29, 1.82) is 0 Å². The van der Waals surface area contributed by atoms with Crippen LogP contribution < -0.4 is 0 Å². The molecule has 0 N–H and O–H groups in total. The lowest BCUT2D eigenvalue weighted by Gasteiger charge is -2.41. The Labute approximate surface area is 148 Å². The molecule has 0 saturated carbocycles. The van der Waals surface area contributed by atoms with Crippen LogP contribution in [-0.2, 0) is 8.85 Å². The van der Waals surface area contributed by atoms with E-state index in [9.17, 15) is 0 Å². The molecule has 0 spiro atoms. The molecule has 2 nitrogen and oxygen atoms in total. The first-order valence-electron chi connectivity index (χ1n) is 7.73. The number of hydrogen-bond acceptors (Lipinski definition) is 2. The topological polar surface area (TPSA) is 18.5 Å². The molecule has 0 aromatic rings. The molecule has 5 heteroatoms. The molecule has 0 radical (unpaired) electrons. The molecule has 0 fully saturated rings. The fourth-order valence-corrected chi connectivity index (χ4v) is 4.01. The summed E-state index contributed by atoms with van der Waals surface area (Å²) in [4.78, 5) is 0. The summed E-state index contributed by atoms with van der Waals surface area (Å²) < 4.78 is 14.9. The number of rotatable bonds is 6. The maximum Gasteiger partial charge on any atom is 0.192 e. The lowest BCUT2D eigenvalue weighted by Crippen LogP contribution is -2.47. The maximum absolute atomic E-state index is 6.50. The van der Waals surface area contributed by atoms with Crippen molar-refractivity contribution in [3.05, 3.63) is 10.2 Å². The number of hydrogen-bond donors (Lipinski definition) is 0. The molecule has 0 heterocycles. The van der Waals surface area contributed by atoms with Crippen LogP contribution in [0.2, 0.25) is 36.3 Å². The summed E-state index contributed by atoms with van der Waals surface area (Å²) in [6.07, 6.45) is 2.20. The quantitative estimate of drug-likeness (QED) is 0.353. The second-order valence-electron chi connectivity index (χ2n) is 8.81. The van der Waals surface area contributed by atoms with Crippen molar-refractivity contribution in [2.24, 2.45) is 0 Å². The molecule has 0 aliphatic carbocycles. The van der Waals surface area contributed by atoms with Crippen LogP contribution in [0.25, 0.3) is 0 Å². The highest BCUT2D eigenvalue weighted by molar-refractivity contribution is 14.1. The van der Waals surface area contributed by atoms with E-state index < -0.39 is 16.6 Å². The monoisotopic (exact) mass is 442 g/mol. The highest BCUT2D eigenvalue weighted by Gasteiger charge is 2.40. The highest BCUT2D eigenvalue weighted by Crippen LogP contribution is 2.39. The predicted molar refractivity (Wildman–Crippen MR) is 108 cm³/mol. The summed E-state index contributed by atoms with van der Waals surface area (Å²) >= 11 is 2.26. The van der Waals surface area contributed by atoms with Crippen LogP contribution >= 0.6 is 22.6 Å². The van der Waals surface area contributed by atoms with Gasteiger partial charge in [0.05, 0.1) is 12.7 Å². The highest BCUT2D eigenvalue weighted by atomic mass is 127. The van der Waals surface area contributed by atoms with Crippen LogP contribution in [-0.4, -0.2) is 29.3 Å². The van der Waals surface area contributed by atoms with E-state index >= 15 is 0 Å². The van der Waals surface area contributed by atoms with Crippen LogP contribution in [0.1, 0.15) is 41.5 Å². The van der Waals surface area contributed by atoms with Gasteiger partial charge in [-0.25, -0.2) is 0 Å². The van der Waals surface area contributed by atoms with E-state index in [4.69, 9.17) is 8.85 Å². The van der Waals surface area contributed by atoms with Gasteiger partial charge in [0.25, 0.3) is 0 Å². The van der Waals surface area contributed by atoms with Crippen molar-refractivity contribution in [2.75, 3.05) is 6.61 Å². The lowest BCUT2D eigenvalue weighted by atomic mass is 10.2. The van der Waals surface area contributed by atoms with E-state index in [0.29, 0.717) is 6.61 Å². The Bertz CT molecular complexity index is 352. The van der Waals surface area contributed by atoms with E-state index in [1.165, 1.54) is 0 Å². The largest absolute Gasteiger partial charge is 0.414 e. The van der Waals surface area contributed by atoms with E-state index in [1.807, 2.05) is 4.08 Å². The summed E-state index contributed by atoms with van der Waals surface area (Å²) in [6, 6.07) is 0. The summed E-state index contributed by atoms with van der Waals surface area (Å²) in [5.74, 6) is 0. The van der Waals surface area contributed by atoms with Gasteiger partial charge in [0.1, 0.15) is 0 Å². The Balaban J connectivity index is 4.89. The second-order valence-corrected chi connectivity index (χ2v) is 19.1. The molecule has 0 aliphatic rings. The van der Waals surface area contributed by atoms with Crippen molar-refractivity contribution >= 4 is 39.2 Å². The Morgan fingerprint density at radius 3 is 1.67 bits per heavy atom. The molecule has 0 aromatic carbocycles. The first-order valence-corrected chi connectivity index (χ1v) is 14.8. The Hall–Kier alpha value is 0.824. The van der Waals surface area contributed by atoms with E-state index in [0.717, 1.165) is 0 Å². The zero-order valence-electron chi connectivity index (χ0n) is 15.6. The minimum absolute atomic E-state index is 0.0666. The Morgan fingerprint density at radius 1 is 0.905 bits per heavy atom. The SMILES string of the molecule is CC(C)(C)[Si](C)(C)OCC(/C=C/I)O[Si](C)(C)C(C)(C)C. The molecule has 0 amide bonds. The zero-order valence-corrected chi connectivity index (χ0v) is 19.8. The molecule has 0 saturated heterocycles. The van der Waals surface area contributed by atoms with Gasteiger partial charge in [0.2, 0.25) is 0 Å². The lowest BCUT2D eigenvalue weighted by molar-refractivity contribution is 0.141. The van der Waals surface area contributed by atoms with Gasteiger partial charge in [-0.1, -0.05) is 64.1 Å². The van der Waals surface area contributed by atoms with Crippen molar-refractivity contribution in [3.8, 4) is 0 Å². The first kappa shape index (κ1) is 21.8. The molecule has 1 atom stereocenters. The first-order chi connectivity index (χ1) is 9.14. The van der Waals surface area contributed by atoms with Crippen molar-refractivity contribution in [2.45, 2.75) is 83.9 Å². The van der Waals surface area contributed by atoms with Gasteiger partial charge in [-0.05, 0) is 46.4 Å². The molecule has 21 heavy (non-hydrogen) atoms. The fourth-order valence-electron chi connectivity index (χ4n) is 1.27. The summed E-state index contributed by atoms with van der Waals surface area (Å²) in [5.41, 5.74) is 0. The summed E-state index contributed by atoms with van der Waals surface area (Å²) in [5, 5.41) is 0.462. The second kappa shape index (κ2) is 7.60. The van der Waals surface area contributed by atoms with E-state index in [1.54, 1.807) is 0 Å². The molecule has 0 aromatic heterocycles. The summed E-state index contributed by atoms with van der Waals surface area (Å²) in [7, 11) is -3.49. The average Bonchev–Trinajstić information content (AvgIpc) is 2.22. The van der Waals surface area contributed by atoms with E-state index in [2.05, 4.69) is 96.4 Å². The van der Waals surface area contributed by atoms with Gasteiger partial charge in [-0.3, -0.25) is 0 Å². The fraction of sp³-hybridized carbons (Fsp3) is 0.875. The van der Waals surface area contributed by atoms with Crippen LogP contribution in [0.5, 0.6) is 0 Å².